The van der Waals surface area contributed by atoms with Gasteiger partial charge in [-0.25, -0.2) is 4.79 Å². The summed E-state index contributed by atoms with van der Waals surface area (Å²) < 4.78 is 16.6. The SMILES string of the molecule is COc1cc(C(=O)O[C@@H](C)C(=O)c2ccc(C)c(C)c2)ccc1OCc1ccccc1. The van der Waals surface area contributed by atoms with Crippen LogP contribution in [0.4, 0.5) is 0 Å². The average Bonchev–Trinajstić information content (AvgIpc) is 2.79. The summed E-state index contributed by atoms with van der Waals surface area (Å²) in [6.45, 7) is 5.87. The maximum atomic E-state index is 12.7. The van der Waals surface area contributed by atoms with Gasteiger partial charge in [-0.15, -0.1) is 0 Å². The summed E-state index contributed by atoms with van der Waals surface area (Å²) in [4.78, 5) is 25.3. The summed E-state index contributed by atoms with van der Waals surface area (Å²) in [5, 5.41) is 0. The van der Waals surface area contributed by atoms with Crippen molar-refractivity contribution in [2.24, 2.45) is 0 Å². The Morgan fingerprint density at radius 2 is 1.55 bits per heavy atom. The Balaban J connectivity index is 1.67. The molecule has 0 spiro atoms. The highest BCUT2D eigenvalue weighted by Crippen LogP contribution is 2.29. The predicted molar refractivity (Wildman–Crippen MR) is 119 cm³/mol. The fraction of sp³-hybridized carbons (Fsp3) is 0.231. The number of hydrogen-bond acceptors (Lipinski definition) is 5. The first-order valence-electron chi connectivity index (χ1n) is 10.1. The molecule has 160 valence electrons. The van der Waals surface area contributed by atoms with E-state index in [1.54, 1.807) is 31.2 Å². The van der Waals surface area contributed by atoms with Crippen LogP contribution in [-0.4, -0.2) is 25.0 Å². The van der Waals surface area contributed by atoms with Gasteiger partial charge in [-0.1, -0.05) is 42.5 Å². The molecule has 0 saturated carbocycles. The fourth-order valence-corrected chi connectivity index (χ4v) is 3.06. The van der Waals surface area contributed by atoms with Gasteiger partial charge in [0, 0.05) is 5.56 Å². The fourth-order valence-electron chi connectivity index (χ4n) is 3.06. The minimum atomic E-state index is -0.908. The zero-order valence-electron chi connectivity index (χ0n) is 18.2. The van der Waals surface area contributed by atoms with Crippen LogP contribution in [-0.2, 0) is 11.3 Å². The van der Waals surface area contributed by atoms with E-state index in [9.17, 15) is 9.59 Å². The van der Waals surface area contributed by atoms with Crippen LogP contribution in [0.15, 0.2) is 66.7 Å². The van der Waals surface area contributed by atoms with Crippen molar-refractivity contribution in [2.45, 2.75) is 33.5 Å². The van der Waals surface area contributed by atoms with Gasteiger partial charge in [-0.3, -0.25) is 4.79 Å². The summed E-state index contributed by atoms with van der Waals surface area (Å²) in [6.07, 6.45) is -0.908. The van der Waals surface area contributed by atoms with Crippen LogP contribution in [0.5, 0.6) is 11.5 Å². The smallest absolute Gasteiger partial charge is 0.338 e. The number of carbonyl (C=O) groups excluding carboxylic acids is 2. The Kier molecular flexibility index (Phi) is 7.08. The number of Topliss-reactive ketones (excluding diaryl/α,β-unsaturated/α-hetero) is 1. The standard InChI is InChI=1S/C26H26O5/c1-17-10-11-21(14-18(17)2)25(27)19(3)31-26(28)22-12-13-23(24(15-22)29-4)30-16-20-8-6-5-7-9-20/h5-15,19H,16H2,1-4H3/t19-/m0/s1. The van der Waals surface area contributed by atoms with E-state index in [-0.39, 0.29) is 11.3 Å². The molecule has 0 heterocycles. The summed E-state index contributed by atoms with van der Waals surface area (Å²) in [5.74, 6) is 0.0875. The summed E-state index contributed by atoms with van der Waals surface area (Å²) in [7, 11) is 1.51. The molecule has 0 aliphatic carbocycles. The van der Waals surface area contributed by atoms with Crippen molar-refractivity contribution in [3.05, 3.63) is 94.5 Å². The largest absolute Gasteiger partial charge is 0.493 e. The number of hydrogen-bond donors (Lipinski definition) is 0. The zero-order chi connectivity index (χ0) is 22.4. The van der Waals surface area contributed by atoms with Crippen LogP contribution >= 0.6 is 0 Å². The van der Waals surface area contributed by atoms with Crippen LogP contribution in [0, 0.1) is 13.8 Å². The molecule has 3 aromatic rings. The lowest BCUT2D eigenvalue weighted by molar-refractivity contribution is 0.0318. The van der Waals surface area contributed by atoms with E-state index >= 15 is 0 Å². The molecule has 0 bridgehead atoms. The van der Waals surface area contributed by atoms with Crippen LogP contribution in [0.25, 0.3) is 0 Å². The Morgan fingerprint density at radius 3 is 2.23 bits per heavy atom. The Bertz CT molecular complexity index is 1070. The van der Waals surface area contributed by atoms with E-state index in [2.05, 4.69) is 0 Å². The van der Waals surface area contributed by atoms with Crippen LogP contribution in [0.3, 0.4) is 0 Å². The molecular formula is C26H26O5. The van der Waals surface area contributed by atoms with Crippen molar-refractivity contribution in [3.63, 3.8) is 0 Å². The van der Waals surface area contributed by atoms with Gasteiger partial charge in [-0.2, -0.15) is 0 Å². The number of carbonyl (C=O) groups is 2. The third kappa shape index (κ3) is 5.51. The van der Waals surface area contributed by atoms with Crippen molar-refractivity contribution in [1.82, 2.24) is 0 Å². The maximum Gasteiger partial charge on any atom is 0.338 e. The number of ketones is 1. The minimum absolute atomic E-state index is 0.244. The molecule has 0 aliphatic heterocycles. The summed E-state index contributed by atoms with van der Waals surface area (Å²) in [6, 6.07) is 20.0. The summed E-state index contributed by atoms with van der Waals surface area (Å²) >= 11 is 0. The highest BCUT2D eigenvalue weighted by Gasteiger charge is 2.21. The second-order valence-electron chi connectivity index (χ2n) is 7.35. The molecule has 0 aliphatic rings. The van der Waals surface area contributed by atoms with E-state index < -0.39 is 12.1 Å². The first-order valence-corrected chi connectivity index (χ1v) is 10.1. The molecule has 3 rings (SSSR count). The van der Waals surface area contributed by atoms with Gasteiger partial charge in [0.2, 0.25) is 5.78 Å². The molecule has 1 atom stereocenters. The van der Waals surface area contributed by atoms with Crippen LogP contribution in [0.1, 0.15) is 44.3 Å². The van der Waals surface area contributed by atoms with Crippen LogP contribution < -0.4 is 9.47 Å². The number of ether oxygens (including phenoxy) is 3. The van der Waals surface area contributed by atoms with E-state index in [0.717, 1.165) is 16.7 Å². The van der Waals surface area contributed by atoms with Crippen molar-refractivity contribution >= 4 is 11.8 Å². The Morgan fingerprint density at radius 1 is 0.839 bits per heavy atom. The molecule has 3 aromatic carbocycles. The van der Waals surface area contributed by atoms with E-state index in [4.69, 9.17) is 14.2 Å². The highest BCUT2D eigenvalue weighted by atomic mass is 16.5. The van der Waals surface area contributed by atoms with Gasteiger partial charge >= 0.3 is 5.97 Å². The minimum Gasteiger partial charge on any atom is -0.493 e. The van der Waals surface area contributed by atoms with Gasteiger partial charge in [0.25, 0.3) is 0 Å². The normalized spacial score (nSPS) is 11.5. The Labute approximate surface area is 182 Å². The third-order valence-corrected chi connectivity index (χ3v) is 5.08. The lowest BCUT2D eigenvalue weighted by Gasteiger charge is -2.15. The van der Waals surface area contributed by atoms with Crippen molar-refractivity contribution < 1.29 is 23.8 Å². The lowest BCUT2D eigenvalue weighted by Crippen LogP contribution is -2.24. The van der Waals surface area contributed by atoms with Crippen LogP contribution in [0.2, 0.25) is 0 Å². The number of aryl methyl sites for hydroxylation is 2. The molecular weight excluding hydrogens is 392 g/mol. The molecule has 0 fully saturated rings. The Hall–Kier alpha value is -3.60. The molecule has 0 saturated heterocycles. The number of rotatable bonds is 8. The quantitative estimate of drug-likeness (QED) is 0.366. The summed E-state index contributed by atoms with van der Waals surface area (Å²) in [5.41, 5.74) is 3.93. The van der Waals surface area contributed by atoms with Gasteiger partial charge in [0.15, 0.2) is 17.6 Å². The van der Waals surface area contributed by atoms with Crippen molar-refractivity contribution in [3.8, 4) is 11.5 Å². The molecule has 0 amide bonds. The molecule has 5 nitrogen and oxygen atoms in total. The van der Waals surface area contributed by atoms with E-state index in [1.165, 1.54) is 7.11 Å². The molecule has 0 aromatic heterocycles. The number of methoxy groups -OCH3 is 1. The maximum absolute atomic E-state index is 12.7. The molecule has 5 heteroatoms. The second kappa shape index (κ2) is 9.94. The molecule has 31 heavy (non-hydrogen) atoms. The van der Waals surface area contributed by atoms with Crippen molar-refractivity contribution in [1.29, 1.82) is 0 Å². The average molecular weight is 418 g/mol. The number of esters is 1. The topological polar surface area (TPSA) is 61.8 Å². The van der Waals surface area contributed by atoms with Crippen molar-refractivity contribution in [2.75, 3.05) is 7.11 Å². The van der Waals surface area contributed by atoms with E-state index in [0.29, 0.717) is 23.7 Å². The van der Waals surface area contributed by atoms with Gasteiger partial charge < -0.3 is 14.2 Å². The second-order valence-corrected chi connectivity index (χ2v) is 7.35. The van der Waals surface area contributed by atoms with E-state index in [1.807, 2.05) is 56.3 Å². The first-order chi connectivity index (χ1) is 14.9. The number of benzene rings is 3. The zero-order valence-corrected chi connectivity index (χ0v) is 18.2. The van der Waals surface area contributed by atoms with Gasteiger partial charge in [-0.05, 0) is 61.7 Å². The lowest BCUT2D eigenvalue weighted by atomic mass is 10.0. The van der Waals surface area contributed by atoms with Gasteiger partial charge in [0.1, 0.15) is 6.61 Å². The third-order valence-electron chi connectivity index (χ3n) is 5.08. The monoisotopic (exact) mass is 418 g/mol. The molecule has 0 unspecified atom stereocenters. The predicted octanol–water partition coefficient (Wildman–Crippen LogP) is 5.32. The molecule has 0 radical (unpaired) electrons. The molecule has 0 N–H and O–H groups in total. The highest BCUT2D eigenvalue weighted by molar-refractivity contribution is 6.01. The first kappa shape index (κ1) is 22.1. The van der Waals surface area contributed by atoms with Gasteiger partial charge in [0.05, 0.1) is 12.7 Å².